The molecule has 0 spiro atoms. The van der Waals surface area contributed by atoms with Crippen molar-refractivity contribution in [2.45, 2.75) is 0 Å². The van der Waals surface area contributed by atoms with Gasteiger partial charge in [-0.15, -0.1) is 0 Å². The lowest BCUT2D eigenvalue weighted by molar-refractivity contribution is 0.881. The average Bonchev–Trinajstić information content (AvgIpc) is 1.85. The zero-order chi connectivity index (χ0) is 6.15. The Morgan fingerprint density at radius 3 is 2.62 bits per heavy atom. The van der Waals surface area contributed by atoms with E-state index >= 15 is 0 Å². The van der Waals surface area contributed by atoms with Crippen LogP contribution in [-0.2, 0) is 7.05 Å². The van der Waals surface area contributed by atoms with Gasteiger partial charge >= 0.3 is 0 Å². The lowest BCUT2D eigenvalue weighted by Gasteiger charge is -1.84. The van der Waals surface area contributed by atoms with Crippen LogP contribution in [0.25, 0.3) is 0 Å². The molecular weight excluding hydrogens is 191 g/mol. The molecule has 0 bridgehead atoms. The number of aromatic nitrogens is 2. The van der Waals surface area contributed by atoms with Crippen LogP contribution in [0.2, 0.25) is 5.15 Å². The van der Waals surface area contributed by atoms with Crippen LogP contribution >= 0.6 is 27.5 Å². The Kier molecular flexibility index (Phi) is 1.58. The summed E-state index contributed by atoms with van der Waals surface area (Å²) in [4.78, 5) is 3.86. The van der Waals surface area contributed by atoms with Crippen molar-refractivity contribution in [1.29, 1.82) is 0 Å². The standard InChI is InChI=1S/C4H4BrClN2/c1-8-2-3(6)7-4(8)5/h2H,1H3. The molecule has 0 aliphatic heterocycles. The summed E-state index contributed by atoms with van der Waals surface area (Å²) in [5.41, 5.74) is 0. The van der Waals surface area contributed by atoms with Crippen LogP contribution in [0, 0.1) is 0 Å². The summed E-state index contributed by atoms with van der Waals surface area (Å²) in [6.45, 7) is 0. The number of imidazole rings is 1. The summed E-state index contributed by atoms with van der Waals surface area (Å²) in [5.74, 6) is 0. The van der Waals surface area contributed by atoms with Crippen molar-refractivity contribution < 1.29 is 0 Å². The molecule has 0 fully saturated rings. The zero-order valence-corrected chi connectivity index (χ0v) is 6.57. The SMILES string of the molecule is Cn1cc(Cl)nc1Br. The molecule has 0 radical (unpaired) electrons. The second kappa shape index (κ2) is 2.07. The van der Waals surface area contributed by atoms with Gasteiger partial charge in [-0.25, -0.2) is 4.98 Å². The quantitative estimate of drug-likeness (QED) is 0.618. The van der Waals surface area contributed by atoms with Gasteiger partial charge in [0.1, 0.15) is 5.15 Å². The Bertz CT molecular complexity index is 176. The van der Waals surface area contributed by atoms with Crippen molar-refractivity contribution in [3.63, 3.8) is 0 Å². The topological polar surface area (TPSA) is 17.8 Å². The molecule has 0 atom stereocenters. The molecule has 0 aliphatic rings. The van der Waals surface area contributed by atoms with Crippen LogP contribution in [0.4, 0.5) is 0 Å². The molecule has 0 N–H and O–H groups in total. The first-order chi connectivity index (χ1) is 3.70. The van der Waals surface area contributed by atoms with Crippen LogP contribution < -0.4 is 0 Å². The zero-order valence-electron chi connectivity index (χ0n) is 4.23. The lowest BCUT2D eigenvalue weighted by Crippen LogP contribution is -1.82. The summed E-state index contributed by atoms with van der Waals surface area (Å²) >= 11 is 8.69. The van der Waals surface area contributed by atoms with E-state index in [-0.39, 0.29) is 0 Å². The number of halogens is 2. The van der Waals surface area contributed by atoms with Crippen molar-refractivity contribution in [2.75, 3.05) is 0 Å². The van der Waals surface area contributed by atoms with Gasteiger partial charge in [0.05, 0.1) is 0 Å². The van der Waals surface area contributed by atoms with Crippen molar-refractivity contribution >= 4 is 27.5 Å². The molecule has 0 saturated heterocycles. The third kappa shape index (κ3) is 1.03. The van der Waals surface area contributed by atoms with Crippen molar-refractivity contribution in [1.82, 2.24) is 9.55 Å². The van der Waals surface area contributed by atoms with Gasteiger partial charge in [-0.05, 0) is 15.9 Å². The predicted molar refractivity (Wildman–Crippen MR) is 35.9 cm³/mol. The number of hydrogen-bond donors (Lipinski definition) is 0. The second-order valence-corrected chi connectivity index (χ2v) is 2.54. The van der Waals surface area contributed by atoms with Gasteiger partial charge in [0, 0.05) is 13.2 Å². The van der Waals surface area contributed by atoms with Crippen LogP contribution in [0.15, 0.2) is 10.9 Å². The van der Waals surface area contributed by atoms with E-state index in [0.717, 1.165) is 4.73 Å². The molecular formula is C4H4BrClN2. The number of nitrogens with zero attached hydrogens (tertiary/aromatic N) is 2. The molecule has 1 aromatic rings. The molecule has 2 nitrogen and oxygen atoms in total. The fourth-order valence-corrected chi connectivity index (χ4v) is 1.03. The van der Waals surface area contributed by atoms with Crippen LogP contribution in [0.3, 0.4) is 0 Å². The molecule has 4 heteroatoms. The predicted octanol–water partition coefficient (Wildman–Crippen LogP) is 1.84. The normalized spacial score (nSPS) is 9.88. The fraction of sp³-hybridized carbons (Fsp3) is 0.250. The highest BCUT2D eigenvalue weighted by Gasteiger charge is 1.95. The van der Waals surface area contributed by atoms with E-state index in [9.17, 15) is 0 Å². The van der Waals surface area contributed by atoms with Gasteiger partial charge in [0.2, 0.25) is 0 Å². The highest BCUT2D eigenvalue weighted by atomic mass is 79.9. The first kappa shape index (κ1) is 6.11. The average molecular weight is 195 g/mol. The summed E-state index contributed by atoms with van der Waals surface area (Å²) < 4.78 is 2.55. The van der Waals surface area contributed by atoms with Gasteiger partial charge in [0.25, 0.3) is 0 Å². The molecule has 1 heterocycles. The first-order valence-electron chi connectivity index (χ1n) is 2.04. The van der Waals surface area contributed by atoms with E-state index in [1.807, 2.05) is 7.05 Å². The van der Waals surface area contributed by atoms with Gasteiger partial charge in [-0.2, -0.15) is 0 Å². The van der Waals surface area contributed by atoms with Crippen molar-refractivity contribution in [2.24, 2.45) is 7.05 Å². The van der Waals surface area contributed by atoms with Crippen LogP contribution in [0.5, 0.6) is 0 Å². The molecule has 1 rings (SSSR count). The minimum atomic E-state index is 0.513. The Balaban J connectivity index is 3.14. The Hall–Kier alpha value is -0.0200. The molecule has 0 amide bonds. The number of aryl methyl sites for hydroxylation is 1. The van der Waals surface area contributed by atoms with Gasteiger partial charge in [-0.1, -0.05) is 11.6 Å². The minimum Gasteiger partial charge on any atom is -0.327 e. The maximum Gasteiger partial charge on any atom is 0.178 e. The van der Waals surface area contributed by atoms with Crippen molar-refractivity contribution in [3.8, 4) is 0 Å². The Morgan fingerprint density at radius 2 is 2.50 bits per heavy atom. The lowest BCUT2D eigenvalue weighted by atomic mass is 10.9. The molecule has 0 saturated carbocycles. The maximum atomic E-state index is 5.50. The molecule has 0 unspecified atom stereocenters. The van der Waals surface area contributed by atoms with Gasteiger partial charge in [0.15, 0.2) is 4.73 Å². The first-order valence-corrected chi connectivity index (χ1v) is 3.21. The highest BCUT2D eigenvalue weighted by Crippen LogP contribution is 2.11. The molecule has 0 aliphatic carbocycles. The fourth-order valence-electron chi connectivity index (χ4n) is 0.409. The van der Waals surface area contributed by atoms with E-state index in [2.05, 4.69) is 20.9 Å². The minimum absolute atomic E-state index is 0.513. The summed E-state index contributed by atoms with van der Waals surface area (Å²) in [6, 6.07) is 0. The smallest absolute Gasteiger partial charge is 0.178 e. The monoisotopic (exact) mass is 194 g/mol. The second-order valence-electron chi connectivity index (χ2n) is 1.44. The van der Waals surface area contributed by atoms with Crippen molar-refractivity contribution in [3.05, 3.63) is 16.1 Å². The molecule has 0 aromatic carbocycles. The van der Waals surface area contributed by atoms with Gasteiger partial charge in [-0.3, -0.25) is 0 Å². The number of hydrogen-bond acceptors (Lipinski definition) is 1. The van der Waals surface area contributed by atoms with E-state index in [1.54, 1.807) is 10.8 Å². The van der Waals surface area contributed by atoms with Gasteiger partial charge < -0.3 is 4.57 Å². The Labute approximate surface area is 60.6 Å². The Morgan fingerprint density at radius 1 is 1.88 bits per heavy atom. The maximum absolute atomic E-state index is 5.50. The van der Waals surface area contributed by atoms with Crippen LogP contribution in [0.1, 0.15) is 0 Å². The third-order valence-electron chi connectivity index (χ3n) is 0.790. The molecule has 8 heavy (non-hydrogen) atoms. The summed E-state index contributed by atoms with van der Waals surface area (Å²) in [6.07, 6.45) is 1.73. The van der Waals surface area contributed by atoms with Crippen LogP contribution in [-0.4, -0.2) is 9.55 Å². The summed E-state index contributed by atoms with van der Waals surface area (Å²) in [5, 5.41) is 0.513. The van der Waals surface area contributed by atoms with E-state index in [0.29, 0.717) is 5.15 Å². The number of rotatable bonds is 0. The molecule has 44 valence electrons. The highest BCUT2D eigenvalue weighted by molar-refractivity contribution is 9.10. The molecule has 1 aromatic heterocycles. The largest absolute Gasteiger partial charge is 0.327 e. The van der Waals surface area contributed by atoms with E-state index in [4.69, 9.17) is 11.6 Å². The summed E-state index contributed by atoms with van der Waals surface area (Å²) in [7, 11) is 1.86. The van der Waals surface area contributed by atoms with E-state index < -0.39 is 0 Å². The third-order valence-corrected chi connectivity index (χ3v) is 1.71. The van der Waals surface area contributed by atoms with E-state index in [1.165, 1.54) is 0 Å².